The number of nitrogens with one attached hydrogen (secondary N) is 1. The van der Waals surface area contributed by atoms with Crippen LogP contribution in [0, 0.1) is 5.82 Å². The van der Waals surface area contributed by atoms with Gasteiger partial charge in [-0.25, -0.2) is 9.37 Å². The number of carbonyl (C=O) groups excluding carboxylic acids is 1. The predicted octanol–water partition coefficient (Wildman–Crippen LogP) is 2.92. The molecule has 4 nitrogen and oxygen atoms in total. The number of nitrogens with zero attached hydrogens (tertiary/aromatic N) is 2. The predicted molar refractivity (Wildman–Crippen MR) is 89.0 cm³/mol. The zero-order chi connectivity index (χ0) is 16.1. The molecular formula is C17H16FN3OS. The molecule has 0 aliphatic heterocycles. The molecule has 0 bridgehead atoms. The molecule has 0 radical (unpaired) electrons. The molecule has 1 amide bonds. The monoisotopic (exact) mass is 329 g/mol. The number of benzene rings is 1. The third-order valence-corrected chi connectivity index (χ3v) is 4.36. The van der Waals surface area contributed by atoms with Crippen molar-refractivity contribution in [1.29, 1.82) is 0 Å². The fourth-order valence-electron chi connectivity index (χ4n) is 2.19. The fraction of sp³-hybridized carbons (Fsp3) is 0.176. The Morgan fingerprint density at radius 1 is 1.22 bits per heavy atom. The second kappa shape index (κ2) is 7.28. The summed E-state index contributed by atoms with van der Waals surface area (Å²) in [6.45, 7) is 0.514. The first-order valence-corrected chi connectivity index (χ1v) is 8.27. The molecule has 23 heavy (non-hydrogen) atoms. The van der Waals surface area contributed by atoms with Crippen LogP contribution >= 0.6 is 11.8 Å². The molecule has 2 aromatic heterocycles. The molecule has 0 aliphatic carbocycles. The Bertz CT molecular complexity index is 785. The Morgan fingerprint density at radius 2 is 2.04 bits per heavy atom. The number of halogens is 1. The SMILES string of the molecule is O=C(CSc1ccccc1F)NCCc1cn2ccccc2n1. The highest BCUT2D eigenvalue weighted by atomic mass is 32.2. The number of carbonyl (C=O) groups is 1. The van der Waals surface area contributed by atoms with E-state index < -0.39 is 0 Å². The summed E-state index contributed by atoms with van der Waals surface area (Å²) < 4.78 is 15.4. The largest absolute Gasteiger partial charge is 0.355 e. The van der Waals surface area contributed by atoms with Crippen molar-refractivity contribution in [1.82, 2.24) is 14.7 Å². The van der Waals surface area contributed by atoms with Crippen LogP contribution in [0.2, 0.25) is 0 Å². The molecule has 0 fully saturated rings. The molecule has 0 atom stereocenters. The van der Waals surface area contributed by atoms with Crippen LogP contribution in [0.3, 0.4) is 0 Å². The first-order chi connectivity index (χ1) is 11.2. The van der Waals surface area contributed by atoms with E-state index in [0.29, 0.717) is 17.9 Å². The van der Waals surface area contributed by atoms with Crippen LogP contribution in [0.15, 0.2) is 59.8 Å². The third kappa shape index (κ3) is 4.10. The second-order valence-corrected chi connectivity index (χ2v) is 6.03. The van der Waals surface area contributed by atoms with E-state index in [1.807, 2.05) is 35.0 Å². The van der Waals surface area contributed by atoms with Crippen LogP contribution in [0.1, 0.15) is 5.69 Å². The van der Waals surface area contributed by atoms with Crippen molar-refractivity contribution in [2.24, 2.45) is 0 Å². The van der Waals surface area contributed by atoms with Crippen LogP contribution in [0.4, 0.5) is 4.39 Å². The van der Waals surface area contributed by atoms with Gasteiger partial charge in [-0.1, -0.05) is 18.2 Å². The summed E-state index contributed by atoms with van der Waals surface area (Å²) in [5.74, 6) is -0.205. The standard InChI is InChI=1S/C17H16FN3OS/c18-14-5-1-2-6-15(14)23-12-17(22)19-9-8-13-11-21-10-4-3-7-16(21)20-13/h1-7,10-11H,8-9,12H2,(H,19,22). The molecule has 118 valence electrons. The maximum Gasteiger partial charge on any atom is 0.230 e. The lowest BCUT2D eigenvalue weighted by molar-refractivity contribution is -0.118. The minimum absolute atomic E-state index is 0.109. The molecule has 3 aromatic rings. The number of aromatic nitrogens is 2. The molecule has 1 N–H and O–H groups in total. The fourth-order valence-corrected chi connectivity index (χ4v) is 2.96. The van der Waals surface area contributed by atoms with Crippen LogP contribution < -0.4 is 5.32 Å². The number of hydrogen-bond acceptors (Lipinski definition) is 3. The maximum absolute atomic E-state index is 13.5. The van der Waals surface area contributed by atoms with Gasteiger partial charge in [-0.05, 0) is 24.3 Å². The Kier molecular flexibility index (Phi) is 4.92. The van der Waals surface area contributed by atoms with Gasteiger partial charge < -0.3 is 9.72 Å². The first kappa shape index (κ1) is 15.6. The van der Waals surface area contributed by atoms with Crippen molar-refractivity contribution in [2.45, 2.75) is 11.3 Å². The minimum Gasteiger partial charge on any atom is -0.355 e. The summed E-state index contributed by atoms with van der Waals surface area (Å²) in [7, 11) is 0. The highest BCUT2D eigenvalue weighted by Gasteiger charge is 2.07. The normalized spacial score (nSPS) is 10.8. The quantitative estimate of drug-likeness (QED) is 0.707. The number of rotatable bonds is 6. The molecule has 1 aromatic carbocycles. The summed E-state index contributed by atoms with van der Waals surface area (Å²) >= 11 is 1.20. The van der Waals surface area contributed by atoms with Gasteiger partial charge in [-0.15, -0.1) is 11.8 Å². The van der Waals surface area contributed by atoms with Gasteiger partial charge in [0.15, 0.2) is 0 Å². The van der Waals surface area contributed by atoms with Crippen molar-refractivity contribution < 1.29 is 9.18 Å². The van der Waals surface area contributed by atoms with Gasteiger partial charge in [-0.3, -0.25) is 4.79 Å². The lowest BCUT2D eigenvalue weighted by Gasteiger charge is -2.04. The van der Waals surface area contributed by atoms with Gasteiger partial charge in [-0.2, -0.15) is 0 Å². The minimum atomic E-state index is -0.296. The lowest BCUT2D eigenvalue weighted by Crippen LogP contribution is -2.27. The van der Waals surface area contributed by atoms with E-state index in [0.717, 1.165) is 11.3 Å². The van der Waals surface area contributed by atoms with Gasteiger partial charge in [0.1, 0.15) is 11.5 Å². The molecule has 0 spiro atoms. The average Bonchev–Trinajstić information content (AvgIpc) is 2.97. The number of amides is 1. The average molecular weight is 329 g/mol. The molecule has 6 heteroatoms. The molecule has 0 saturated heterocycles. The Hall–Kier alpha value is -2.34. The number of thioether (sulfide) groups is 1. The maximum atomic E-state index is 13.5. The highest BCUT2D eigenvalue weighted by molar-refractivity contribution is 8.00. The van der Waals surface area contributed by atoms with Gasteiger partial charge in [0.2, 0.25) is 5.91 Å². The Labute approximate surface area is 137 Å². The number of hydrogen-bond donors (Lipinski definition) is 1. The summed E-state index contributed by atoms with van der Waals surface area (Å²) in [4.78, 5) is 16.8. The van der Waals surface area contributed by atoms with E-state index in [9.17, 15) is 9.18 Å². The topological polar surface area (TPSA) is 46.4 Å². The molecule has 3 rings (SSSR count). The van der Waals surface area contributed by atoms with Gasteiger partial charge in [0.05, 0.1) is 11.4 Å². The van der Waals surface area contributed by atoms with Crippen LogP contribution in [-0.4, -0.2) is 27.6 Å². The van der Waals surface area contributed by atoms with E-state index >= 15 is 0 Å². The third-order valence-electron chi connectivity index (χ3n) is 3.31. The molecule has 2 heterocycles. The van der Waals surface area contributed by atoms with Crippen molar-refractivity contribution in [2.75, 3.05) is 12.3 Å². The summed E-state index contributed by atoms with van der Waals surface area (Å²) in [6.07, 6.45) is 4.56. The van der Waals surface area contributed by atoms with Gasteiger partial charge in [0.25, 0.3) is 0 Å². The lowest BCUT2D eigenvalue weighted by atomic mass is 10.3. The summed E-state index contributed by atoms with van der Waals surface area (Å²) in [5.41, 5.74) is 1.82. The smallest absolute Gasteiger partial charge is 0.230 e. The number of fused-ring (bicyclic) bond motifs is 1. The van der Waals surface area contributed by atoms with Crippen molar-refractivity contribution in [3.05, 3.63) is 66.4 Å². The first-order valence-electron chi connectivity index (χ1n) is 7.29. The second-order valence-electron chi connectivity index (χ2n) is 5.02. The zero-order valence-corrected chi connectivity index (χ0v) is 13.2. The van der Waals surface area contributed by atoms with E-state index in [-0.39, 0.29) is 17.5 Å². The van der Waals surface area contributed by atoms with E-state index in [4.69, 9.17) is 0 Å². The van der Waals surface area contributed by atoms with Crippen molar-refractivity contribution in [3.63, 3.8) is 0 Å². The molecular weight excluding hydrogens is 313 g/mol. The Morgan fingerprint density at radius 3 is 2.87 bits per heavy atom. The van der Waals surface area contributed by atoms with Crippen molar-refractivity contribution >= 4 is 23.3 Å². The van der Waals surface area contributed by atoms with E-state index in [1.165, 1.54) is 17.8 Å². The van der Waals surface area contributed by atoms with Crippen LogP contribution in [0.25, 0.3) is 5.65 Å². The van der Waals surface area contributed by atoms with E-state index in [2.05, 4.69) is 10.3 Å². The molecule has 0 aliphatic rings. The van der Waals surface area contributed by atoms with Gasteiger partial charge >= 0.3 is 0 Å². The number of pyridine rings is 1. The van der Waals surface area contributed by atoms with E-state index in [1.54, 1.807) is 18.2 Å². The summed E-state index contributed by atoms with van der Waals surface area (Å²) in [5, 5.41) is 2.83. The van der Waals surface area contributed by atoms with Crippen LogP contribution in [-0.2, 0) is 11.2 Å². The van der Waals surface area contributed by atoms with Crippen LogP contribution in [0.5, 0.6) is 0 Å². The number of imidazole rings is 1. The van der Waals surface area contributed by atoms with Crippen molar-refractivity contribution in [3.8, 4) is 0 Å². The Balaban J connectivity index is 1.45. The highest BCUT2D eigenvalue weighted by Crippen LogP contribution is 2.20. The molecule has 0 unspecified atom stereocenters. The summed E-state index contributed by atoms with van der Waals surface area (Å²) in [6, 6.07) is 12.3. The zero-order valence-electron chi connectivity index (χ0n) is 12.4. The molecule has 0 saturated carbocycles. The van der Waals surface area contributed by atoms with Gasteiger partial charge in [0, 0.05) is 30.3 Å².